The van der Waals surface area contributed by atoms with E-state index in [1.165, 1.54) is 38.2 Å². The lowest BCUT2D eigenvalue weighted by Gasteiger charge is -2.18. The summed E-state index contributed by atoms with van der Waals surface area (Å²) in [5.41, 5.74) is 6.70. The Bertz CT molecular complexity index is 371. The van der Waals surface area contributed by atoms with E-state index in [0.29, 0.717) is 11.0 Å². The first-order valence-electron chi connectivity index (χ1n) is 7.09. The number of nitrogens with one attached hydrogen (secondary N) is 1. The summed E-state index contributed by atoms with van der Waals surface area (Å²) in [7, 11) is 0. The van der Waals surface area contributed by atoms with Crippen LogP contribution in [-0.4, -0.2) is 12.6 Å². The van der Waals surface area contributed by atoms with Crippen LogP contribution in [0.15, 0.2) is 22.7 Å². The molecule has 4 heteroatoms. The quantitative estimate of drug-likeness (QED) is 0.644. The van der Waals surface area contributed by atoms with Gasteiger partial charge in [-0.2, -0.15) is 0 Å². The number of halogens is 2. The van der Waals surface area contributed by atoms with Crippen LogP contribution in [-0.2, 0) is 0 Å². The highest BCUT2D eigenvalue weighted by Crippen LogP contribution is 2.21. The first-order chi connectivity index (χ1) is 9.17. The number of benzene rings is 1. The molecule has 0 heterocycles. The van der Waals surface area contributed by atoms with E-state index in [4.69, 9.17) is 5.73 Å². The van der Waals surface area contributed by atoms with Gasteiger partial charge in [0, 0.05) is 18.3 Å². The van der Waals surface area contributed by atoms with E-state index >= 15 is 0 Å². The summed E-state index contributed by atoms with van der Waals surface area (Å²) in [5, 5.41) is 3.37. The molecule has 0 saturated heterocycles. The lowest BCUT2D eigenvalue weighted by Crippen LogP contribution is -2.28. The number of rotatable bonds is 9. The molecule has 0 aliphatic carbocycles. The van der Waals surface area contributed by atoms with Gasteiger partial charge in [-0.1, -0.05) is 39.0 Å². The van der Waals surface area contributed by atoms with Crippen molar-refractivity contribution < 1.29 is 4.39 Å². The summed E-state index contributed by atoms with van der Waals surface area (Å²) >= 11 is 3.19. The molecule has 0 radical (unpaired) electrons. The molecule has 0 saturated carbocycles. The highest BCUT2D eigenvalue weighted by molar-refractivity contribution is 9.10. The average Bonchev–Trinajstić information content (AvgIpc) is 2.41. The van der Waals surface area contributed by atoms with Crippen LogP contribution in [0.2, 0.25) is 0 Å². The van der Waals surface area contributed by atoms with Crippen LogP contribution in [0.4, 0.5) is 10.1 Å². The molecule has 108 valence electrons. The maximum Gasteiger partial charge on any atom is 0.137 e. The van der Waals surface area contributed by atoms with Crippen LogP contribution in [0.25, 0.3) is 0 Å². The number of anilines is 1. The molecule has 0 fully saturated rings. The standard InChI is InChI=1S/C15H24BrFN2/c1-2-3-4-5-6-7-13(11-18)19-12-8-9-15(17)14(16)10-12/h8-10,13,19H,2-7,11,18H2,1H3. The third kappa shape index (κ3) is 6.39. The Morgan fingerprint density at radius 2 is 2.00 bits per heavy atom. The van der Waals surface area contributed by atoms with Crippen molar-refractivity contribution in [3.05, 3.63) is 28.5 Å². The van der Waals surface area contributed by atoms with Gasteiger partial charge in [0.05, 0.1) is 4.47 Å². The molecule has 1 unspecified atom stereocenters. The van der Waals surface area contributed by atoms with Crippen molar-refractivity contribution in [2.24, 2.45) is 5.73 Å². The normalized spacial score (nSPS) is 12.4. The Morgan fingerprint density at radius 3 is 2.63 bits per heavy atom. The van der Waals surface area contributed by atoms with Crippen LogP contribution in [0, 0.1) is 5.82 Å². The Hall–Kier alpha value is -0.610. The van der Waals surface area contributed by atoms with E-state index in [2.05, 4.69) is 28.2 Å². The second kappa shape index (κ2) is 9.32. The summed E-state index contributed by atoms with van der Waals surface area (Å²) < 4.78 is 13.6. The van der Waals surface area contributed by atoms with Gasteiger partial charge in [-0.3, -0.25) is 0 Å². The van der Waals surface area contributed by atoms with Crippen LogP contribution >= 0.6 is 15.9 Å². The molecule has 0 aromatic heterocycles. The molecule has 1 aromatic carbocycles. The van der Waals surface area contributed by atoms with Crippen molar-refractivity contribution in [2.45, 2.75) is 51.5 Å². The zero-order valence-corrected chi connectivity index (χ0v) is 13.2. The molecule has 19 heavy (non-hydrogen) atoms. The van der Waals surface area contributed by atoms with Gasteiger partial charge in [-0.15, -0.1) is 0 Å². The third-order valence-electron chi connectivity index (χ3n) is 3.23. The highest BCUT2D eigenvalue weighted by atomic mass is 79.9. The predicted molar refractivity (Wildman–Crippen MR) is 83.9 cm³/mol. The summed E-state index contributed by atoms with van der Waals surface area (Å²) in [6.45, 7) is 2.82. The SMILES string of the molecule is CCCCCCCC(CN)Nc1ccc(F)c(Br)c1. The Labute approximate surface area is 124 Å². The molecule has 0 aliphatic rings. The van der Waals surface area contributed by atoms with E-state index in [1.54, 1.807) is 12.1 Å². The molecule has 0 spiro atoms. The largest absolute Gasteiger partial charge is 0.381 e. The van der Waals surface area contributed by atoms with Crippen molar-refractivity contribution in [3.8, 4) is 0 Å². The molecular weight excluding hydrogens is 307 g/mol. The first kappa shape index (κ1) is 16.4. The molecule has 3 N–H and O–H groups in total. The number of unbranched alkanes of at least 4 members (excludes halogenated alkanes) is 4. The maximum atomic E-state index is 13.1. The van der Waals surface area contributed by atoms with Crippen molar-refractivity contribution in [3.63, 3.8) is 0 Å². The van der Waals surface area contributed by atoms with Gasteiger partial charge < -0.3 is 11.1 Å². The van der Waals surface area contributed by atoms with Gasteiger partial charge in [0.2, 0.25) is 0 Å². The molecule has 0 amide bonds. The van der Waals surface area contributed by atoms with Crippen LogP contribution in [0.3, 0.4) is 0 Å². The van der Waals surface area contributed by atoms with Crippen molar-refractivity contribution in [2.75, 3.05) is 11.9 Å². The van der Waals surface area contributed by atoms with Gasteiger partial charge in [-0.25, -0.2) is 4.39 Å². The van der Waals surface area contributed by atoms with Gasteiger partial charge in [-0.05, 0) is 40.5 Å². The lowest BCUT2D eigenvalue weighted by molar-refractivity contribution is 0.563. The smallest absolute Gasteiger partial charge is 0.137 e. The first-order valence-corrected chi connectivity index (χ1v) is 7.88. The number of nitrogens with two attached hydrogens (primary N) is 1. The monoisotopic (exact) mass is 330 g/mol. The molecule has 0 aliphatic heterocycles. The van der Waals surface area contributed by atoms with Crippen LogP contribution in [0.1, 0.15) is 45.4 Å². The topological polar surface area (TPSA) is 38.0 Å². The summed E-state index contributed by atoms with van der Waals surface area (Å²) in [6, 6.07) is 5.23. The van der Waals surface area contributed by atoms with E-state index in [9.17, 15) is 4.39 Å². The Balaban J connectivity index is 2.36. The van der Waals surface area contributed by atoms with Gasteiger partial charge in [0.25, 0.3) is 0 Å². The fourth-order valence-electron chi connectivity index (χ4n) is 2.06. The minimum Gasteiger partial charge on any atom is -0.381 e. The molecular formula is C15H24BrFN2. The van der Waals surface area contributed by atoms with E-state index in [1.807, 2.05) is 0 Å². The summed E-state index contributed by atoms with van der Waals surface area (Å²) in [6.07, 6.45) is 7.40. The average molecular weight is 331 g/mol. The number of hydrogen-bond donors (Lipinski definition) is 2. The van der Waals surface area contributed by atoms with Crippen molar-refractivity contribution >= 4 is 21.6 Å². The zero-order chi connectivity index (χ0) is 14.1. The van der Waals surface area contributed by atoms with Gasteiger partial charge >= 0.3 is 0 Å². The van der Waals surface area contributed by atoms with Crippen LogP contribution < -0.4 is 11.1 Å². The van der Waals surface area contributed by atoms with E-state index in [0.717, 1.165) is 12.1 Å². The summed E-state index contributed by atoms with van der Waals surface area (Å²) in [5.74, 6) is -0.241. The maximum absolute atomic E-state index is 13.1. The van der Waals surface area contributed by atoms with E-state index in [-0.39, 0.29) is 11.9 Å². The summed E-state index contributed by atoms with van der Waals surface area (Å²) in [4.78, 5) is 0. The van der Waals surface area contributed by atoms with Gasteiger partial charge in [0.1, 0.15) is 5.82 Å². The number of hydrogen-bond acceptors (Lipinski definition) is 2. The fraction of sp³-hybridized carbons (Fsp3) is 0.600. The molecule has 1 atom stereocenters. The fourth-order valence-corrected chi connectivity index (χ4v) is 2.44. The molecule has 2 nitrogen and oxygen atoms in total. The second-order valence-electron chi connectivity index (χ2n) is 4.91. The lowest BCUT2D eigenvalue weighted by atomic mass is 10.1. The zero-order valence-electron chi connectivity index (χ0n) is 11.6. The van der Waals surface area contributed by atoms with Crippen molar-refractivity contribution in [1.82, 2.24) is 0 Å². The minimum atomic E-state index is -0.241. The highest BCUT2D eigenvalue weighted by Gasteiger charge is 2.07. The van der Waals surface area contributed by atoms with Crippen LogP contribution in [0.5, 0.6) is 0 Å². The predicted octanol–water partition coefficient (Wildman–Crippen LogP) is 4.69. The second-order valence-corrected chi connectivity index (χ2v) is 5.76. The Kier molecular flexibility index (Phi) is 8.07. The molecule has 1 rings (SSSR count). The van der Waals surface area contributed by atoms with Gasteiger partial charge in [0.15, 0.2) is 0 Å². The molecule has 1 aromatic rings. The van der Waals surface area contributed by atoms with E-state index < -0.39 is 0 Å². The molecule has 0 bridgehead atoms. The minimum absolute atomic E-state index is 0.241. The van der Waals surface area contributed by atoms with Crippen molar-refractivity contribution in [1.29, 1.82) is 0 Å². The third-order valence-corrected chi connectivity index (χ3v) is 3.84. The Morgan fingerprint density at radius 1 is 1.26 bits per heavy atom.